The van der Waals surface area contributed by atoms with Gasteiger partial charge in [0.25, 0.3) is 5.91 Å². The summed E-state index contributed by atoms with van der Waals surface area (Å²) in [4.78, 5) is 21.5. The third-order valence-corrected chi connectivity index (χ3v) is 2.63. The molecular weight excluding hydrogens is 247 g/mol. The number of amides is 1. The molecule has 1 N–H and O–H groups in total. The maximum atomic E-state index is 13.1. The second-order valence-corrected chi connectivity index (χ2v) is 3.88. The van der Waals surface area contributed by atoms with E-state index in [2.05, 4.69) is 15.3 Å². The Kier molecular flexibility index (Phi) is 3.70. The number of anilines is 2. The number of carbonyl (C=O) groups excluding carboxylic acids is 1. The first-order chi connectivity index (χ1) is 9.11. The van der Waals surface area contributed by atoms with Crippen molar-refractivity contribution in [3.8, 4) is 0 Å². The minimum atomic E-state index is -0.395. The van der Waals surface area contributed by atoms with E-state index in [1.165, 1.54) is 29.4 Å². The highest BCUT2D eigenvalue weighted by molar-refractivity contribution is 6.04. The summed E-state index contributed by atoms with van der Waals surface area (Å²) in [6.45, 7) is 0. The molecule has 0 fully saturated rings. The molecule has 0 saturated carbocycles. The van der Waals surface area contributed by atoms with Gasteiger partial charge in [-0.1, -0.05) is 6.07 Å². The molecule has 0 aliphatic carbocycles. The van der Waals surface area contributed by atoms with Gasteiger partial charge in [-0.3, -0.25) is 4.79 Å². The van der Waals surface area contributed by atoms with Gasteiger partial charge in [0.1, 0.15) is 17.3 Å². The molecule has 0 aliphatic rings. The van der Waals surface area contributed by atoms with Gasteiger partial charge < -0.3 is 10.2 Å². The van der Waals surface area contributed by atoms with Gasteiger partial charge in [0, 0.05) is 19.8 Å². The Bertz CT molecular complexity index is 585. The van der Waals surface area contributed by atoms with Crippen molar-refractivity contribution < 1.29 is 9.18 Å². The van der Waals surface area contributed by atoms with Gasteiger partial charge in [-0.05, 0) is 18.2 Å². The van der Waals surface area contributed by atoms with Crippen LogP contribution in [0, 0.1) is 5.82 Å². The maximum absolute atomic E-state index is 13.1. The van der Waals surface area contributed by atoms with Crippen molar-refractivity contribution in [3.05, 3.63) is 48.2 Å². The molecule has 2 aromatic rings. The molecule has 0 unspecified atom stereocenters. The Morgan fingerprint density at radius 2 is 2.11 bits per heavy atom. The fraction of sp³-hybridized carbons (Fsp3) is 0.154. The number of nitrogens with zero attached hydrogens (tertiary/aromatic N) is 3. The summed E-state index contributed by atoms with van der Waals surface area (Å²) < 4.78 is 13.1. The number of carbonyl (C=O) groups is 1. The summed E-state index contributed by atoms with van der Waals surface area (Å²) in [7, 11) is 3.27. The third kappa shape index (κ3) is 2.85. The van der Waals surface area contributed by atoms with Crippen LogP contribution in [0.25, 0.3) is 0 Å². The van der Waals surface area contributed by atoms with E-state index in [1.807, 2.05) is 0 Å². The summed E-state index contributed by atoms with van der Waals surface area (Å²) in [5.74, 6) is -0.167. The number of nitrogens with one attached hydrogen (secondary N) is 1. The van der Waals surface area contributed by atoms with Crippen LogP contribution in [0.5, 0.6) is 0 Å². The molecule has 1 heterocycles. The molecule has 0 saturated heterocycles. The van der Waals surface area contributed by atoms with Crippen molar-refractivity contribution in [2.24, 2.45) is 0 Å². The summed E-state index contributed by atoms with van der Waals surface area (Å²) in [5, 5.41) is 2.81. The molecule has 0 aliphatic heterocycles. The largest absolute Gasteiger partial charge is 0.372 e. The zero-order valence-corrected chi connectivity index (χ0v) is 10.6. The molecule has 6 heteroatoms. The van der Waals surface area contributed by atoms with Crippen LogP contribution < -0.4 is 10.2 Å². The van der Waals surface area contributed by atoms with Gasteiger partial charge in [0.2, 0.25) is 0 Å². The molecule has 2 rings (SSSR count). The van der Waals surface area contributed by atoms with Crippen LogP contribution in [-0.2, 0) is 0 Å². The minimum absolute atomic E-state index is 0.200. The topological polar surface area (TPSA) is 58.1 Å². The molecular formula is C13H13FN4O. The number of hydrogen-bond donors (Lipinski definition) is 1. The summed E-state index contributed by atoms with van der Waals surface area (Å²) in [6.07, 6.45) is 2.84. The summed E-state index contributed by atoms with van der Waals surface area (Å²) in [5.41, 5.74) is 0.662. The van der Waals surface area contributed by atoms with E-state index in [0.717, 1.165) is 0 Å². The first kappa shape index (κ1) is 12.9. The molecule has 98 valence electrons. The highest BCUT2D eigenvalue weighted by atomic mass is 19.1. The van der Waals surface area contributed by atoms with Gasteiger partial charge in [-0.25, -0.2) is 14.4 Å². The first-order valence-electron chi connectivity index (χ1n) is 5.65. The average Bonchev–Trinajstić information content (AvgIpc) is 2.46. The highest BCUT2D eigenvalue weighted by Gasteiger charge is 2.15. The van der Waals surface area contributed by atoms with Crippen molar-refractivity contribution >= 4 is 17.4 Å². The van der Waals surface area contributed by atoms with Crippen LogP contribution in [-0.4, -0.2) is 30.0 Å². The Morgan fingerprint density at radius 1 is 1.32 bits per heavy atom. The third-order valence-electron chi connectivity index (χ3n) is 2.63. The SMILES string of the molecule is CNc1cnc(C(=O)N(C)c2cccc(F)c2)cn1. The Morgan fingerprint density at radius 3 is 2.68 bits per heavy atom. The number of rotatable bonds is 3. The standard InChI is InChI=1S/C13H13FN4O/c1-15-12-8-16-11(7-17-12)13(19)18(2)10-5-3-4-9(14)6-10/h3-8H,1-2H3,(H,15,17). The average molecular weight is 260 g/mol. The van der Waals surface area contributed by atoms with E-state index in [9.17, 15) is 9.18 Å². The van der Waals surface area contributed by atoms with Crippen molar-refractivity contribution in [3.63, 3.8) is 0 Å². The van der Waals surface area contributed by atoms with Crippen LogP contribution in [0.1, 0.15) is 10.5 Å². The Labute approximate surface area is 110 Å². The predicted molar refractivity (Wildman–Crippen MR) is 70.7 cm³/mol. The lowest BCUT2D eigenvalue weighted by Crippen LogP contribution is -2.27. The fourth-order valence-electron chi connectivity index (χ4n) is 1.54. The Hall–Kier alpha value is -2.50. The van der Waals surface area contributed by atoms with Crippen molar-refractivity contribution in [2.75, 3.05) is 24.3 Å². The van der Waals surface area contributed by atoms with Crippen molar-refractivity contribution in [1.29, 1.82) is 0 Å². The molecule has 5 nitrogen and oxygen atoms in total. The second-order valence-electron chi connectivity index (χ2n) is 3.88. The van der Waals surface area contributed by atoms with Crippen molar-refractivity contribution in [2.45, 2.75) is 0 Å². The highest BCUT2D eigenvalue weighted by Crippen LogP contribution is 2.16. The van der Waals surface area contributed by atoms with Gasteiger partial charge in [-0.15, -0.1) is 0 Å². The van der Waals surface area contributed by atoms with E-state index in [0.29, 0.717) is 11.5 Å². The molecule has 1 amide bonds. The van der Waals surface area contributed by atoms with E-state index < -0.39 is 5.82 Å². The minimum Gasteiger partial charge on any atom is -0.372 e. The van der Waals surface area contributed by atoms with Crippen LogP contribution in [0.4, 0.5) is 15.9 Å². The number of hydrogen-bond acceptors (Lipinski definition) is 4. The monoisotopic (exact) mass is 260 g/mol. The second kappa shape index (κ2) is 5.43. The zero-order chi connectivity index (χ0) is 13.8. The molecule has 0 radical (unpaired) electrons. The number of benzene rings is 1. The summed E-state index contributed by atoms with van der Waals surface area (Å²) in [6, 6.07) is 5.80. The van der Waals surface area contributed by atoms with Gasteiger partial charge in [-0.2, -0.15) is 0 Å². The van der Waals surface area contributed by atoms with E-state index >= 15 is 0 Å². The zero-order valence-electron chi connectivity index (χ0n) is 10.6. The molecule has 19 heavy (non-hydrogen) atoms. The number of aromatic nitrogens is 2. The first-order valence-corrected chi connectivity index (χ1v) is 5.65. The molecule has 1 aromatic heterocycles. The van der Waals surface area contributed by atoms with E-state index in [4.69, 9.17) is 0 Å². The fourth-order valence-corrected chi connectivity index (χ4v) is 1.54. The maximum Gasteiger partial charge on any atom is 0.278 e. The molecule has 1 aromatic carbocycles. The normalized spacial score (nSPS) is 10.1. The molecule has 0 atom stereocenters. The van der Waals surface area contributed by atoms with Crippen molar-refractivity contribution in [1.82, 2.24) is 9.97 Å². The van der Waals surface area contributed by atoms with E-state index in [1.54, 1.807) is 26.2 Å². The molecule has 0 bridgehead atoms. The van der Waals surface area contributed by atoms with E-state index in [-0.39, 0.29) is 11.6 Å². The lowest BCUT2D eigenvalue weighted by atomic mass is 10.2. The quantitative estimate of drug-likeness (QED) is 0.916. The molecule has 0 spiro atoms. The predicted octanol–water partition coefficient (Wildman–Crippen LogP) is 1.93. The van der Waals surface area contributed by atoms with Gasteiger partial charge in [0.15, 0.2) is 0 Å². The van der Waals surface area contributed by atoms with Crippen LogP contribution in [0.2, 0.25) is 0 Å². The smallest absolute Gasteiger partial charge is 0.278 e. The Balaban J connectivity index is 2.23. The summed E-state index contributed by atoms with van der Waals surface area (Å²) >= 11 is 0. The lowest BCUT2D eigenvalue weighted by molar-refractivity contribution is 0.0988. The number of halogens is 1. The van der Waals surface area contributed by atoms with Gasteiger partial charge in [0.05, 0.1) is 12.4 Å². The van der Waals surface area contributed by atoms with Gasteiger partial charge >= 0.3 is 0 Å². The lowest BCUT2D eigenvalue weighted by Gasteiger charge is -2.16. The van der Waals surface area contributed by atoms with Crippen LogP contribution in [0.3, 0.4) is 0 Å². The van der Waals surface area contributed by atoms with Crippen LogP contribution >= 0.6 is 0 Å². The van der Waals surface area contributed by atoms with Crippen LogP contribution in [0.15, 0.2) is 36.7 Å².